The molecular weight excluding hydrogens is 416 g/mol. The van der Waals surface area contributed by atoms with Gasteiger partial charge in [-0.15, -0.1) is 0 Å². The third-order valence-electron chi connectivity index (χ3n) is 4.06. The Morgan fingerprint density at radius 2 is 1.97 bits per heavy atom. The van der Waals surface area contributed by atoms with E-state index >= 15 is 0 Å². The van der Waals surface area contributed by atoms with E-state index in [0.717, 1.165) is 10.2 Å². The minimum Gasteiger partial charge on any atom is -0.323 e. The number of nitrogens with one attached hydrogen (secondary N) is 1. The van der Waals surface area contributed by atoms with Gasteiger partial charge in [0.05, 0.1) is 17.7 Å². The maximum absolute atomic E-state index is 12.2. The molecule has 0 atom stereocenters. The zero-order chi connectivity index (χ0) is 21.8. The van der Waals surface area contributed by atoms with Crippen LogP contribution in [0.2, 0.25) is 5.15 Å². The molecule has 1 amide bonds. The predicted molar refractivity (Wildman–Crippen MR) is 113 cm³/mol. The Hall–Kier alpha value is -2.20. The number of sulfonamides is 1. The third kappa shape index (κ3) is 5.66. The second-order valence-electron chi connectivity index (χ2n) is 6.81. The summed E-state index contributed by atoms with van der Waals surface area (Å²) in [5, 5.41) is 7.56. The fourth-order valence-corrected chi connectivity index (χ4v) is 3.80. The number of carbonyl (C=O) groups is 1. The van der Waals surface area contributed by atoms with Gasteiger partial charge in [0.25, 0.3) is 10.0 Å². The number of amides is 1. The Morgan fingerprint density at radius 3 is 2.52 bits per heavy atom. The number of halogens is 1. The summed E-state index contributed by atoms with van der Waals surface area (Å²) in [7, 11) is -1.18. The third-order valence-corrected chi connectivity index (χ3v) is 6.16. The van der Waals surface area contributed by atoms with Gasteiger partial charge in [0, 0.05) is 30.9 Å². The van der Waals surface area contributed by atoms with Crippen molar-refractivity contribution in [3.63, 3.8) is 0 Å². The molecule has 1 heterocycles. The molecule has 0 spiro atoms. The van der Waals surface area contributed by atoms with Crippen molar-refractivity contribution >= 4 is 39.3 Å². The van der Waals surface area contributed by atoms with E-state index in [1.54, 1.807) is 10.8 Å². The molecule has 0 saturated carbocycles. The molecule has 0 fully saturated rings. The fraction of sp³-hybridized carbons (Fsp3) is 0.368. The maximum atomic E-state index is 12.2. The minimum atomic E-state index is -3.74. The molecule has 1 N–H and O–H groups in total. The maximum Gasteiger partial charge on any atom is 0.264 e. The van der Waals surface area contributed by atoms with Crippen molar-refractivity contribution in [3.05, 3.63) is 46.8 Å². The molecule has 10 heteroatoms. The summed E-state index contributed by atoms with van der Waals surface area (Å²) in [4.78, 5) is 17.0. The van der Waals surface area contributed by atoms with E-state index in [0.29, 0.717) is 28.9 Å². The van der Waals surface area contributed by atoms with Crippen molar-refractivity contribution in [2.45, 2.75) is 32.2 Å². The van der Waals surface area contributed by atoms with E-state index < -0.39 is 10.0 Å². The second kappa shape index (κ2) is 9.53. The van der Waals surface area contributed by atoms with Crippen LogP contribution in [0.15, 0.2) is 35.2 Å². The highest BCUT2D eigenvalue weighted by molar-refractivity contribution is 7.89. The Morgan fingerprint density at radius 1 is 1.34 bits per heavy atom. The highest BCUT2D eigenvalue weighted by atomic mass is 35.5. The number of hydrogen-bond donors (Lipinski definition) is 1. The summed E-state index contributed by atoms with van der Waals surface area (Å²) >= 11 is 6.36. The highest BCUT2D eigenvalue weighted by Crippen LogP contribution is 2.22. The lowest BCUT2D eigenvalue weighted by Crippen LogP contribution is -2.25. The smallest absolute Gasteiger partial charge is 0.264 e. The number of anilines is 1. The normalized spacial score (nSPS) is 12.3. The second-order valence-corrected chi connectivity index (χ2v) is 9.10. The van der Waals surface area contributed by atoms with Crippen LogP contribution in [0.1, 0.15) is 25.1 Å². The monoisotopic (exact) mass is 440 g/mol. The van der Waals surface area contributed by atoms with Gasteiger partial charge in [-0.05, 0) is 43.2 Å². The molecule has 2 rings (SSSR count). The fourth-order valence-electron chi connectivity index (χ4n) is 2.52. The molecule has 0 radical (unpaired) electrons. The van der Waals surface area contributed by atoms with E-state index in [2.05, 4.69) is 24.3 Å². The molecule has 2 aromatic rings. The number of nitrogens with zero attached hydrogens (tertiary/aromatic N) is 3. The molecule has 0 aliphatic carbocycles. The largest absolute Gasteiger partial charge is 0.323 e. The highest BCUT2D eigenvalue weighted by Gasteiger charge is 2.20. The van der Waals surface area contributed by atoms with Gasteiger partial charge in [-0.3, -0.25) is 14.3 Å². The van der Waals surface area contributed by atoms with E-state index in [9.17, 15) is 13.2 Å². The number of benzene rings is 1. The van der Waals surface area contributed by atoms with Gasteiger partial charge in [-0.2, -0.15) is 5.10 Å². The van der Waals surface area contributed by atoms with Crippen molar-refractivity contribution in [1.29, 1.82) is 0 Å². The average molecular weight is 441 g/mol. The first-order valence-electron chi connectivity index (χ1n) is 8.91. The van der Waals surface area contributed by atoms with Crippen LogP contribution in [0.3, 0.4) is 0 Å². The van der Waals surface area contributed by atoms with Gasteiger partial charge in [0.2, 0.25) is 5.91 Å². The van der Waals surface area contributed by atoms with Crippen molar-refractivity contribution in [2.24, 2.45) is 5.92 Å². The van der Waals surface area contributed by atoms with Gasteiger partial charge in [0.15, 0.2) is 0 Å². The van der Waals surface area contributed by atoms with Crippen molar-refractivity contribution < 1.29 is 18.0 Å². The Balaban J connectivity index is 2.09. The van der Waals surface area contributed by atoms with Gasteiger partial charge in [0.1, 0.15) is 5.15 Å². The van der Waals surface area contributed by atoms with E-state index in [4.69, 9.17) is 16.4 Å². The molecule has 1 aromatic heterocycles. The predicted octanol–water partition coefficient (Wildman–Crippen LogP) is 3.33. The van der Waals surface area contributed by atoms with Crippen LogP contribution >= 0.6 is 11.6 Å². The molecule has 29 heavy (non-hydrogen) atoms. The quantitative estimate of drug-likeness (QED) is 0.502. The summed E-state index contributed by atoms with van der Waals surface area (Å²) in [5.74, 6) is 0.0177. The summed E-state index contributed by atoms with van der Waals surface area (Å²) in [5.41, 5.74) is 1.88. The van der Waals surface area contributed by atoms with Crippen LogP contribution in [0, 0.1) is 12.8 Å². The summed E-state index contributed by atoms with van der Waals surface area (Å²) in [6.45, 7) is 6.66. The number of hydrogen-bond acceptors (Lipinski definition) is 5. The van der Waals surface area contributed by atoms with Crippen LogP contribution in [0.25, 0.3) is 6.08 Å². The lowest BCUT2D eigenvalue weighted by Gasteiger charge is -2.14. The first kappa shape index (κ1) is 23.1. The summed E-state index contributed by atoms with van der Waals surface area (Å²) in [6, 6.07) is 5.78. The van der Waals surface area contributed by atoms with Crippen LogP contribution < -0.4 is 5.32 Å². The zero-order valence-electron chi connectivity index (χ0n) is 17.0. The van der Waals surface area contributed by atoms with Crippen molar-refractivity contribution in [3.8, 4) is 0 Å². The minimum absolute atomic E-state index is 0.0513. The summed E-state index contributed by atoms with van der Waals surface area (Å²) in [6.07, 6.45) is 2.97. The van der Waals surface area contributed by atoms with Crippen molar-refractivity contribution in [2.75, 3.05) is 19.5 Å². The molecule has 0 unspecified atom stereocenters. The summed E-state index contributed by atoms with van der Waals surface area (Å²) < 4.78 is 26.8. The number of aromatic nitrogens is 2. The van der Waals surface area contributed by atoms with Crippen LogP contribution in [-0.4, -0.2) is 42.7 Å². The molecule has 158 valence electrons. The molecule has 0 bridgehead atoms. The molecular formula is C19H25ClN4O4S. The first-order chi connectivity index (χ1) is 13.6. The molecule has 0 aliphatic heterocycles. The number of aryl methyl sites for hydroxylation is 1. The Labute approximate surface area is 176 Å². The Bertz CT molecular complexity index is 998. The van der Waals surface area contributed by atoms with E-state index in [1.807, 2.05) is 6.92 Å². The zero-order valence-corrected chi connectivity index (χ0v) is 18.6. The van der Waals surface area contributed by atoms with Crippen LogP contribution in [0.4, 0.5) is 5.69 Å². The lowest BCUT2D eigenvalue weighted by molar-refractivity contribution is -0.111. The first-order valence-corrected chi connectivity index (χ1v) is 10.7. The van der Waals surface area contributed by atoms with Gasteiger partial charge < -0.3 is 5.32 Å². The number of hydroxylamine groups is 1. The number of carbonyl (C=O) groups excluding carboxylic acids is 1. The Kier molecular flexibility index (Phi) is 7.59. The molecule has 0 saturated heterocycles. The molecule has 0 aliphatic rings. The van der Waals surface area contributed by atoms with Crippen LogP contribution in [0.5, 0.6) is 0 Å². The lowest BCUT2D eigenvalue weighted by atomic mass is 10.2. The topological polar surface area (TPSA) is 93.5 Å². The standard InChI is InChI=1S/C19H25ClN4O4S/c1-13(2)12-24-19(20)17(14(3)22-24)10-11-18(25)21-15-6-8-16(9-7-15)29(26,27)23(4)28-5/h6-11,13H,12H2,1-5H3,(H,21,25)/b11-10+. The molecule has 1 aromatic carbocycles. The van der Waals surface area contributed by atoms with Gasteiger partial charge >= 0.3 is 0 Å². The van der Waals surface area contributed by atoms with Gasteiger partial charge in [-0.1, -0.05) is 29.9 Å². The van der Waals surface area contributed by atoms with E-state index in [1.165, 1.54) is 44.5 Å². The average Bonchev–Trinajstić information content (AvgIpc) is 2.92. The van der Waals surface area contributed by atoms with Crippen molar-refractivity contribution in [1.82, 2.24) is 14.2 Å². The number of rotatable bonds is 8. The van der Waals surface area contributed by atoms with E-state index in [-0.39, 0.29) is 10.8 Å². The molecule has 8 nitrogen and oxygen atoms in total. The van der Waals surface area contributed by atoms with Gasteiger partial charge in [-0.25, -0.2) is 8.42 Å². The SMILES string of the molecule is CON(C)S(=O)(=O)c1ccc(NC(=O)/C=C/c2c(C)nn(CC(C)C)c2Cl)cc1. The van der Waals surface area contributed by atoms with Crippen LogP contribution in [-0.2, 0) is 26.2 Å².